The van der Waals surface area contributed by atoms with Gasteiger partial charge < -0.3 is 14.8 Å². The van der Waals surface area contributed by atoms with Crippen LogP contribution >= 0.6 is 0 Å². The molecule has 5 nitrogen and oxygen atoms in total. The number of benzene rings is 2. The molecule has 2 aromatic rings. The van der Waals surface area contributed by atoms with Gasteiger partial charge in [-0.3, -0.25) is 4.79 Å². The fourth-order valence-corrected chi connectivity index (χ4v) is 2.81. The summed E-state index contributed by atoms with van der Waals surface area (Å²) in [6, 6.07) is 13.6. The molecule has 0 saturated carbocycles. The van der Waals surface area contributed by atoms with Crippen LogP contribution < -0.4 is 5.32 Å². The highest BCUT2D eigenvalue weighted by atomic mass is 16.6. The first-order chi connectivity index (χ1) is 12.7. The zero-order valence-corrected chi connectivity index (χ0v) is 16.3. The first-order valence-electron chi connectivity index (χ1n) is 8.95. The Hall–Kier alpha value is -2.82. The number of alkyl carbamates (subject to hydrolysis) is 1. The second-order valence-corrected chi connectivity index (χ2v) is 7.45. The largest absolute Gasteiger partial charge is 0.456 e. The average Bonchev–Trinajstić information content (AvgIpc) is 2.57. The zero-order chi connectivity index (χ0) is 20.0. The predicted molar refractivity (Wildman–Crippen MR) is 107 cm³/mol. The smallest absolute Gasteiger partial charge is 0.408 e. The highest BCUT2D eigenvalue weighted by Crippen LogP contribution is 2.18. The fraction of sp³-hybridized carbons (Fsp3) is 0.364. The van der Waals surface area contributed by atoms with Gasteiger partial charge in [0.25, 0.3) is 0 Å². The van der Waals surface area contributed by atoms with Gasteiger partial charge in [0.1, 0.15) is 11.7 Å². The van der Waals surface area contributed by atoms with Crippen molar-refractivity contribution in [2.75, 3.05) is 0 Å². The average molecular weight is 369 g/mol. The first-order valence-corrected chi connectivity index (χ1v) is 8.95. The fourth-order valence-electron chi connectivity index (χ4n) is 2.81. The highest BCUT2D eigenvalue weighted by Gasteiger charge is 2.26. The van der Waals surface area contributed by atoms with Crippen molar-refractivity contribution in [1.29, 1.82) is 0 Å². The van der Waals surface area contributed by atoms with Crippen molar-refractivity contribution < 1.29 is 19.1 Å². The molecule has 1 N–H and O–H groups in total. The molecule has 27 heavy (non-hydrogen) atoms. The molecule has 0 saturated heterocycles. The van der Waals surface area contributed by atoms with Gasteiger partial charge in [0, 0.05) is 6.92 Å². The Morgan fingerprint density at radius 1 is 1.15 bits per heavy atom. The van der Waals surface area contributed by atoms with Crippen LogP contribution in [0.4, 0.5) is 4.79 Å². The molecule has 2 rings (SSSR count). The van der Waals surface area contributed by atoms with Gasteiger partial charge in [-0.15, -0.1) is 0 Å². The van der Waals surface area contributed by atoms with Gasteiger partial charge in [0.15, 0.2) is 0 Å². The molecule has 2 aromatic carbocycles. The summed E-state index contributed by atoms with van der Waals surface area (Å²) >= 11 is 0. The van der Waals surface area contributed by atoms with E-state index in [1.807, 2.05) is 36.4 Å². The van der Waals surface area contributed by atoms with Crippen molar-refractivity contribution in [3.63, 3.8) is 0 Å². The molecule has 2 atom stereocenters. The molecule has 0 aliphatic carbocycles. The maximum Gasteiger partial charge on any atom is 0.408 e. The lowest BCUT2D eigenvalue weighted by molar-refractivity contribution is -0.145. The third-order valence-corrected chi connectivity index (χ3v) is 3.90. The number of hydrogen-bond acceptors (Lipinski definition) is 4. The summed E-state index contributed by atoms with van der Waals surface area (Å²) in [5, 5.41) is 5.06. The maximum absolute atomic E-state index is 12.3. The quantitative estimate of drug-likeness (QED) is 0.606. The Morgan fingerprint density at radius 2 is 1.81 bits per heavy atom. The molecule has 0 heterocycles. The number of nitrogens with one attached hydrogen (secondary N) is 1. The van der Waals surface area contributed by atoms with E-state index in [-0.39, 0.29) is 0 Å². The Balaban J connectivity index is 2.24. The molecule has 1 unspecified atom stereocenters. The predicted octanol–water partition coefficient (Wildman–Crippen LogP) is 4.39. The van der Waals surface area contributed by atoms with Gasteiger partial charge in [0.05, 0.1) is 6.04 Å². The zero-order valence-electron chi connectivity index (χ0n) is 16.3. The summed E-state index contributed by atoms with van der Waals surface area (Å²) in [7, 11) is 0. The lowest BCUT2D eigenvalue weighted by atomic mass is 9.98. The number of rotatable bonds is 6. The summed E-state index contributed by atoms with van der Waals surface area (Å²) in [5.74, 6) is -0.436. The molecule has 1 amide bonds. The number of carbonyl (C=O) groups excluding carboxylic acids is 2. The van der Waals surface area contributed by atoms with Crippen LogP contribution in [-0.4, -0.2) is 29.8 Å². The molecule has 0 bridgehead atoms. The lowest BCUT2D eigenvalue weighted by Gasteiger charge is -2.27. The second kappa shape index (κ2) is 8.71. The van der Waals surface area contributed by atoms with Crippen LogP contribution in [0.5, 0.6) is 0 Å². The van der Waals surface area contributed by atoms with E-state index in [1.165, 1.54) is 13.0 Å². The Kier molecular flexibility index (Phi) is 6.61. The van der Waals surface area contributed by atoms with Crippen molar-refractivity contribution in [1.82, 2.24) is 5.32 Å². The monoisotopic (exact) mass is 369 g/mol. The molecule has 0 spiro atoms. The SMILES string of the molecule is C=CC(OC(C)=O)[C@H](Cc1ccc2ccccc2c1)NC(=O)OC(C)(C)C. The van der Waals surface area contributed by atoms with E-state index >= 15 is 0 Å². The molecule has 5 heteroatoms. The van der Waals surface area contributed by atoms with Gasteiger partial charge in [-0.1, -0.05) is 49.0 Å². The van der Waals surface area contributed by atoms with Crippen LogP contribution in [0.3, 0.4) is 0 Å². The van der Waals surface area contributed by atoms with E-state index in [0.717, 1.165) is 16.3 Å². The van der Waals surface area contributed by atoms with Gasteiger partial charge in [-0.05, 0) is 49.6 Å². The van der Waals surface area contributed by atoms with Crippen LogP contribution in [0.15, 0.2) is 55.1 Å². The minimum Gasteiger partial charge on any atom is -0.456 e. The molecular formula is C22H27NO4. The molecule has 0 aliphatic heterocycles. The van der Waals surface area contributed by atoms with Crippen molar-refractivity contribution in [3.8, 4) is 0 Å². The normalized spacial score (nSPS) is 13.5. The van der Waals surface area contributed by atoms with E-state index in [1.54, 1.807) is 20.8 Å². The van der Waals surface area contributed by atoms with Crippen molar-refractivity contribution in [2.45, 2.75) is 51.9 Å². The number of amides is 1. The molecule has 0 radical (unpaired) electrons. The highest BCUT2D eigenvalue weighted by molar-refractivity contribution is 5.83. The Bertz CT molecular complexity index is 822. The van der Waals surface area contributed by atoms with Gasteiger partial charge in [-0.2, -0.15) is 0 Å². The standard InChI is InChI=1S/C22H27NO4/c1-6-20(26-15(2)24)19(23-21(25)27-22(3,4)5)14-16-11-12-17-9-7-8-10-18(17)13-16/h6-13,19-20H,1,14H2,2-5H3,(H,23,25)/t19-,20?/m0/s1. The Morgan fingerprint density at radius 3 is 2.41 bits per heavy atom. The number of carbonyl (C=O) groups is 2. The second-order valence-electron chi connectivity index (χ2n) is 7.45. The number of hydrogen-bond donors (Lipinski definition) is 1. The Labute approximate surface area is 160 Å². The summed E-state index contributed by atoms with van der Waals surface area (Å²) < 4.78 is 10.7. The molecule has 0 aliphatic rings. The number of esters is 1. The van der Waals surface area contributed by atoms with Crippen LogP contribution in [0.1, 0.15) is 33.3 Å². The van der Waals surface area contributed by atoms with E-state index in [4.69, 9.17) is 9.47 Å². The van der Waals surface area contributed by atoms with E-state index < -0.39 is 29.8 Å². The van der Waals surface area contributed by atoms with Gasteiger partial charge >= 0.3 is 12.1 Å². The van der Waals surface area contributed by atoms with E-state index in [0.29, 0.717) is 6.42 Å². The topological polar surface area (TPSA) is 64.6 Å². The van der Waals surface area contributed by atoms with Crippen LogP contribution in [-0.2, 0) is 20.7 Å². The number of fused-ring (bicyclic) bond motifs is 1. The minimum atomic E-state index is -0.665. The lowest BCUT2D eigenvalue weighted by Crippen LogP contribution is -2.47. The molecule has 144 valence electrons. The van der Waals surface area contributed by atoms with Crippen molar-refractivity contribution in [2.24, 2.45) is 0 Å². The van der Waals surface area contributed by atoms with Crippen molar-refractivity contribution >= 4 is 22.8 Å². The third kappa shape index (κ3) is 6.44. The van der Waals surface area contributed by atoms with Crippen molar-refractivity contribution in [3.05, 3.63) is 60.7 Å². The molecular weight excluding hydrogens is 342 g/mol. The summed E-state index contributed by atoms with van der Waals surface area (Å²) in [4.78, 5) is 23.7. The third-order valence-electron chi connectivity index (χ3n) is 3.90. The summed E-state index contributed by atoms with van der Waals surface area (Å²) in [5.41, 5.74) is 0.386. The number of ether oxygens (including phenoxy) is 2. The van der Waals surface area contributed by atoms with Crippen LogP contribution in [0.25, 0.3) is 10.8 Å². The van der Waals surface area contributed by atoms with Gasteiger partial charge in [-0.25, -0.2) is 4.79 Å². The molecule has 0 fully saturated rings. The van der Waals surface area contributed by atoms with Gasteiger partial charge in [0.2, 0.25) is 0 Å². The van der Waals surface area contributed by atoms with E-state index in [2.05, 4.69) is 18.0 Å². The van der Waals surface area contributed by atoms with Crippen LogP contribution in [0.2, 0.25) is 0 Å². The maximum atomic E-state index is 12.3. The van der Waals surface area contributed by atoms with Crippen LogP contribution in [0, 0.1) is 0 Å². The minimum absolute atomic E-state index is 0.436. The molecule has 0 aromatic heterocycles. The summed E-state index contributed by atoms with van der Waals surface area (Å²) in [6.45, 7) is 10.5. The van der Waals surface area contributed by atoms with E-state index in [9.17, 15) is 9.59 Å². The summed E-state index contributed by atoms with van der Waals surface area (Å²) in [6.07, 6.45) is 0.757. The first kappa shape index (κ1) is 20.5.